The molecule has 1 aromatic carbocycles. The maximum absolute atomic E-state index is 9.85. The third-order valence-electron chi connectivity index (χ3n) is 2.56. The second-order valence-corrected chi connectivity index (χ2v) is 4.88. The lowest BCUT2D eigenvalue weighted by Crippen LogP contribution is -1.83. The Morgan fingerprint density at radius 3 is 2.28 bits per heavy atom. The lowest BCUT2D eigenvalue weighted by Gasteiger charge is -2.07. The zero-order valence-electron chi connectivity index (χ0n) is 10.1. The molecule has 18 heavy (non-hydrogen) atoms. The van der Waals surface area contributed by atoms with Crippen LogP contribution in [0.2, 0.25) is 0 Å². The van der Waals surface area contributed by atoms with Gasteiger partial charge in [0, 0.05) is 0 Å². The molecule has 92 valence electrons. The fraction of sp³-hybridized carbons (Fsp3) is 0.0667. The smallest absolute Gasteiger partial charge is 0.127 e. The van der Waals surface area contributed by atoms with E-state index < -0.39 is 0 Å². The number of phenolic OH excluding ortho intramolecular Hbond substituents is 2. The molecular weight excluding hydrogens is 244 g/mol. The van der Waals surface area contributed by atoms with Gasteiger partial charge in [-0.1, -0.05) is 18.7 Å². The van der Waals surface area contributed by atoms with Crippen molar-refractivity contribution in [2.45, 2.75) is 6.92 Å². The standard InChI is InChI=1S/C15H14O2S/c1-10(2)15-13(16)7-12(8-14(15)17)4-3-11-5-6-18-9-11/h3-9,16-17H,1H2,2H3. The second-order valence-electron chi connectivity index (χ2n) is 4.10. The molecular formula is C15H14O2S. The minimum absolute atomic E-state index is 0.0486. The zero-order chi connectivity index (χ0) is 13.1. The second kappa shape index (κ2) is 5.10. The predicted molar refractivity (Wildman–Crippen MR) is 77.7 cm³/mol. The Labute approximate surface area is 110 Å². The quantitative estimate of drug-likeness (QED) is 0.858. The van der Waals surface area contributed by atoms with Gasteiger partial charge in [-0.2, -0.15) is 11.3 Å². The Hall–Kier alpha value is -2.00. The number of rotatable bonds is 3. The molecule has 2 rings (SSSR count). The van der Waals surface area contributed by atoms with Gasteiger partial charge in [0.05, 0.1) is 5.56 Å². The molecule has 2 N–H and O–H groups in total. The average molecular weight is 258 g/mol. The van der Waals surface area contributed by atoms with Gasteiger partial charge in [0.1, 0.15) is 11.5 Å². The van der Waals surface area contributed by atoms with Crippen molar-refractivity contribution in [1.29, 1.82) is 0 Å². The van der Waals surface area contributed by atoms with Gasteiger partial charge in [-0.3, -0.25) is 0 Å². The lowest BCUT2D eigenvalue weighted by atomic mass is 10.0. The molecule has 0 spiro atoms. The van der Waals surface area contributed by atoms with Gasteiger partial charge >= 0.3 is 0 Å². The van der Waals surface area contributed by atoms with Crippen LogP contribution in [0.3, 0.4) is 0 Å². The van der Waals surface area contributed by atoms with Crippen molar-refractivity contribution in [1.82, 2.24) is 0 Å². The molecule has 2 nitrogen and oxygen atoms in total. The van der Waals surface area contributed by atoms with E-state index in [9.17, 15) is 10.2 Å². The summed E-state index contributed by atoms with van der Waals surface area (Å²) in [4.78, 5) is 0. The summed E-state index contributed by atoms with van der Waals surface area (Å²) < 4.78 is 0. The van der Waals surface area contributed by atoms with Gasteiger partial charge in [0.25, 0.3) is 0 Å². The number of allylic oxidation sites excluding steroid dienone is 1. The molecule has 0 saturated heterocycles. The Kier molecular flexibility index (Phi) is 3.53. The van der Waals surface area contributed by atoms with Crippen molar-refractivity contribution in [2.24, 2.45) is 0 Å². The number of hydrogen-bond acceptors (Lipinski definition) is 3. The Balaban J connectivity index is 2.34. The first-order chi connectivity index (χ1) is 8.58. The van der Waals surface area contributed by atoms with Gasteiger partial charge in [-0.15, -0.1) is 0 Å². The molecule has 1 heterocycles. The van der Waals surface area contributed by atoms with Crippen molar-refractivity contribution < 1.29 is 10.2 Å². The third kappa shape index (κ3) is 2.63. The molecule has 0 aliphatic heterocycles. The van der Waals surface area contributed by atoms with Gasteiger partial charge in [0.2, 0.25) is 0 Å². The van der Waals surface area contributed by atoms with Crippen LogP contribution in [0, 0.1) is 0 Å². The van der Waals surface area contributed by atoms with Crippen LogP contribution in [0.4, 0.5) is 0 Å². The van der Waals surface area contributed by atoms with E-state index in [0.717, 1.165) is 11.1 Å². The van der Waals surface area contributed by atoms with E-state index in [1.165, 1.54) is 0 Å². The average Bonchev–Trinajstić information content (AvgIpc) is 2.77. The SMILES string of the molecule is C=C(C)c1c(O)cc(C=Cc2ccsc2)cc1O. The summed E-state index contributed by atoms with van der Waals surface area (Å²) in [5.74, 6) is 0.0972. The minimum atomic E-state index is 0.0486. The van der Waals surface area contributed by atoms with Crippen molar-refractivity contribution in [3.8, 4) is 11.5 Å². The molecule has 0 saturated carbocycles. The van der Waals surface area contributed by atoms with Crippen molar-refractivity contribution in [3.63, 3.8) is 0 Å². The Morgan fingerprint density at radius 1 is 1.17 bits per heavy atom. The lowest BCUT2D eigenvalue weighted by molar-refractivity contribution is 0.447. The van der Waals surface area contributed by atoms with Gasteiger partial charge in [-0.05, 0) is 52.6 Å². The highest BCUT2D eigenvalue weighted by Crippen LogP contribution is 2.34. The predicted octanol–water partition coefficient (Wildman–Crippen LogP) is 4.36. The fourth-order valence-electron chi connectivity index (χ4n) is 1.73. The molecule has 1 aromatic heterocycles. The normalized spacial score (nSPS) is 10.9. The summed E-state index contributed by atoms with van der Waals surface area (Å²) in [5, 5.41) is 23.7. The molecule has 0 radical (unpaired) electrons. The van der Waals surface area contributed by atoms with Crippen molar-refractivity contribution >= 4 is 29.1 Å². The molecule has 0 aliphatic rings. The van der Waals surface area contributed by atoms with E-state index in [4.69, 9.17) is 0 Å². The van der Waals surface area contributed by atoms with Crippen molar-refractivity contribution in [3.05, 3.63) is 52.2 Å². The number of hydrogen-bond donors (Lipinski definition) is 2. The third-order valence-corrected chi connectivity index (χ3v) is 3.26. The van der Waals surface area contributed by atoms with E-state index in [0.29, 0.717) is 11.1 Å². The number of thiophene rings is 1. The molecule has 3 heteroatoms. The van der Waals surface area contributed by atoms with E-state index >= 15 is 0 Å². The molecule has 0 atom stereocenters. The van der Waals surface area contributed by atoms with Crippen molar-refractivity contribution in [2.75, 3.05) is 0 Å². The van der Waals surface area contributed by atoms with Gasteiger partial charge < -0.3 is 10.2 Å². The van der Waals surface area contributed by atoms with Gasteiger partial charge in [-0.25, -0.2) is 0 Å². The molecule has 0 aliphatic carbocycles. The topological polar surface area (TPSA) is 40.5 Å². The maximum Gasteiger partial charge on any atom is 0.127 e. The summed E-state index contributed by atoms with van der Waals surface area (Å²) in [7, 11) is 0. The first-order valence-corrected chi connectivity index (χ1v) is 6.44. The monoisotopic (exact) mass is 258 g/mol. The molecule has 0 bridgehead atoms. The first kappa shape index (κ1) is 12.5. The van der Waals surface area contributed by atoms with Crippen LogP contribution in [-0.4, -0.2) is 10.2 Å². The summed E-state index contributed by atoms with van der Waals surface area (Å²) >= 11 is 1.63. The Morgan fingerprint density at radius 2 is 1.78 bits per heavy atom. The number of benzene rings is 1. The van der Waals surface area contributed by atoms with Crippen LogP contribution in [0.25, 0.3) is 17.7 Å². The number of aromatic hydroxyl groups is 2. The summed E-state index contributed by atoms with van der Waals surface area (Å²) in [6.07, 6.45) is 3.79. The van der Waals surface area contributed by atoms with Crippen LogP contribution in [-0.2, 0) is 0 Å². The largest absolute Gasteiger partial charge is 0.507 e. The molecule has 0 amide bonds. The maximum atomic E-state index is 9.85. The van der Waals surface area contributed by atoms with Crippen LogP contribution in [0.1, 0.15) is 23.6 Å². The highest BCUT2D eigenvalue weighted by Gasteiger charge is 2.09. The van der Waals surface area contributed by atoms with Crippen LogP contribution in [0.5, 0.6) is 11.5 Å². The van der Waals surface area contributed by atoms with E-state index in [1.807, 2.05) is 29.0 Å². The van der Waals surface area contributed by atoms with Crippen LogP contribution >= 0.6 is 11.3 Å². The van der Waals surface area contributed by atoms with E-state index in [-0.39, 0.29) is 11.5 Å². The molecule has 2 aromatic rings. The Bertz CT molecular complexity index is 572. The summed E-state index contributed by atoms with van der Waals surface area (Å²) in [6.45, 7) is 5.47. The molecule has 0 unspecified atom stereocenters. The fourth-order valence-corrected chi connectivity index (χ4v) is 2.36. The summed E-state index contributed by atoms with van der Waals surface area (Å²) in [6, 6.07) is 5.24. The highest BCUT2D eigenvalue weighted by atomic mass is 32.1. The van der Waals surface area contributed by atoms with Crippen LogP contribution in [0.15, 0.2) is 35.5 Å². The van der Waals surface area contributed by atoms with Gasteiger partial charge in [0.15, 0.2) is 0 Å². The minimum Gasteiger partial charge on any atom is -0.507 e. The van der Waals surface area contributed by atoms with E-state index in [2.05, 4.69) is 6.58 Å². The number of phenols is 2. The summed E-state index contributed by atoms with van der Waals surface area (Å²) in [5.41, 5.74) is 2.89. The van der Waals surface area contributed by atoms with E-state index in [1.54, 1.807) is 30.4 Å². The first-order valence-electron chi connectivity index (χ1n) is 5.50. The highest BCUT2D eigenvalue weighted by molar-refractivity contribution is 7.08. The van der Waals surface area contributed by atoms with Crippen LogP contribution < -0.4 is 0 Å². The molecule has 0 fully saturated rings. The zero-order valence-corrected chi connectivity index (χ0v) is 10.9.